The van der Waals surface area contributed by atoms with Crippen LogP contribution in [0.1, 0.15) is 53.7 Å². The maximum absolute atomic E-state index is 12.9. The predicted molar refractivity (Wildman–Crippen MR) is 120 cm³/mol. The van der Waals surface area contributed by atoms with E-state index in [0.29, 0.717) is 49.5 Å². The van der Waals surface area contributed by atoms with Gasteiger partial charge in [-0.05, 0) is 56.0 Å². The highest BCUT2D eigenvalue weighted by atomic mass is 16.6. The summed E-state index contributed by atoms with van der Waals surface area (Å²) in [5.41, 5.74) is 2.85. The summed E-state index contributed by atoms with van der Waals surface area (Å²) in [6.45, 7) is 5.21. The fourth-order valence-electron chi connectivity index (χ4n) is 4.34. The number of aryl methyl sites for hydroxylation is 1. The van der Waals surface area contributed by atoms with Gasteiger partial charge in [-0.2, -0.15) is 0 Å². The molecule has 0 saturated carbocycles. The number of fused-ring (bicyclic) bond motifs is 2. The second kappa shape index (κ2) is 8.61. The number of amides is 2. The highest BCUT2D eigenvalue weighted by molar-refractivity contribution is 6.02. The predicted octanol–water partition coefficient (Wildman–Crippen LogP) is 3.01. The minimum Gasteiger partial charge on any atom is -0.450 e. The highest BCUT2D eigenvalue weighted by Gasteiger charge is 2.26. The van der Waals surface area contributed by atoms with Crippen LogP contribution < -0.4 is 5.32 Å². The van der Waals surface area contributed by atoms with Crippen molar-refractivity contribution in [3.05, 3.63) is 53.1 Å². The zero-order chi connectivity index (χ0) is 22.9. The number of nitrogens with zero attached hydrogens (tertiary/aromatic N) is 6. The first-order valence-corrected chi connectivity index (χ1v) is 11.2. The number of pyridine rings is 2. The van der Waals surface area contributed by atoms with E-state index in [0.717, 1.165) is 29.8 Å². The lowest BCUT2D eigenvalue weighted by molar-refractivity contribution is 0.102. The van der Waals surface area contributed by atoms with Crippen LogP contribution in [0.15, 0.2) is 30.5 Å². The average Bonchev–Trinajstić information content (AvgIpc) is 3.41. The standard InChI is InChI=1S/C23H25N7O3/c1-3-33-23(32)29-10-9-15-12-24-18(11-16(15)13-29)22(31)26-19-6-4-5-17(25-19)21-28-27-20-8-7-14(2)30(20)21/h4-6,11-12,14H,3,7-10,13H2,1-2H3,(H,25,26,31). The van der Waals surface area contributed by atoms with Gasteiger partial charge in [0.15, 0.2) is 5.82 Å². The molecule has 1 unspecified atom stereocenters. The first-order valence-electron chi connectivity index (χ1n) is 11.2. The molecule has 0 aromatic carbocycles. The van der Waals surface area contributed by atoms with Gasteiger partial charge in [-0.15, -0.1) is 10.2 Å². The molecule has 5 rings (SSSR count). The van der Waals surface area contributed by atoms with E-state index >= 15 is 0 Å². The Morgan fingerprint density at radius 1 is 1.21 bits per heavy atom. The van der Waals surface area contributed by atoms with Crippen molar-refractivity contribution >= 4 is 17.8 Å². The summed E-state index contributed by atoms with van der Waals surface area (Å²) in [6.07, 6.45) is 3.97. The molecule has 0 aliphatic carbocycles. The molecule has 0 saturated heterocycles. The first-order chi connectivity index (χ1) is 16.0. The topological polar surface area (TPSA) is 115 Å². The third kappa shape index (κ3) is 4.04. The van der Waals surface area contributed by atoms with Gasteiger partial charge in [0.2, 0.25) is 0 Å². The van der Waals surface area contributed by atoms with Crippen molar-refractivity contribution in [3.63, 3.8) is 0 Å². The Bertz CT molecular complexity index is 1220. The van der Waals surface area contributed by atoms with E-state index in [2.05, 4.69) is 37.0 Å². The van der Waals surface area contributed by atoms with Crippen LogP contribution in [0.5, 0.6) is 0 Å². The van der Waals surface area contributed by atoms with Crippen molar-refractivity contribution in [2.24, 2.45) is 0 Å². The van der Waals surface area contributed by atoms with E-state index < -0.39 is 0 Å². The van der Waals surface area contributed by atoms with Gasteiger partial charge in [-0.1, -0.05) is 6.07 Å². The second-order valence-corrected chi connectivity index (χ2v) is 8.27. The Hall–Kier alpha value is -3.82. The first kappa shape index (κ1) is 21.0. The molecule has 1 atom stereocenters. The van der Waals surface area contributed by atoms with Crippen molar-refractivity contribution in [3.8, 4) is 11.5 Å². The molecular formula is C23H25N7O3. The van der Waals surface area contributed by atoms with Crippen LogP contribution in [0.3, 0.4) is 0 Å². The van der Waals surface area contributed by atoms with E-state index in [9.17, 15) is 9.59 Å². The number of ether oxygens (including phenoxy) is 1. The largest absolute Gasteiger partial charge is 0.450 e. The summed E-state index contributed by atoms with van der Waals surface area (Å²) in [7, 11) is 0. The molecule has 0 radical (unpaired) electrons. The number of anilines is 1. The Labute approximate surface area is 191 Å². The van der Waals surface area contributed by atoms with Crippen LogP contribution in [-0.4, -0.2) is 54.8 Å². The summed E-state index contributed by atoms with van der Waals surface area (Å²) in [5, 5.41) is 11.4. The molecule has 0 bridgehead atoms. The van der Waals surface area contributed by atoms with Gasteiger partial charge in [-0.25, -0.2) is 9.78 Å². The summed E-state index contributed by atoms with van der Waals surface area (Å²) in [5.74, 6) is 1.71. The van der Waals surface area contributed by atoms with E-state index in [1.807, 2.05) is 12.1 Å². The van der Waals surface area contributed by atoms with E-state index in [1.165, 1.54) is 0 Å². The summed E-state index contributed by atoms with van der Waals surface area (Å²) in [6, 6.07) is 7.47. The van der Waals surface area contributed by atoms with Gasteiger partial charge in [0.25, 0.3) is 5.91 Å². The highest BCUT2D eigenvalue weighted by Crippen LogP contribution is 2.30. The summed E-state index contributed by atoms with van der Waals surface area (Å²) >= 11 is 0. The molecule has 0 fully saturated rings. The summed E-state index contributed by atoms with van der Waals surface area (Å²) < 4.78 is 7.21. The van der Waals surface area contributed by atoms with Crippen LogP contribution in [0.25, 0.3) is 11.5 Å². The smallest absolute Gasteiger partial charge is 0.410 e. The molecule has 2 aliphatic rings. The van der Waals surface area contributed by atoms with Gasteiger partial charge < -0.3 is 19.5 Å². The molecule has 0 spiro atoms. The summed E-state index contributed by atoms with van der Waals surface area (Å²) in [4.78, 5) is 35.5. The number of nitrogens with one attached hydrogen (secondary N) is 1. The molecule has 3 aromatic heterocycles. The zero-order valence-electron chi connectivity index (χ0n) is 18.6. The van der Waals surface area contributed by atoms with Crippen LogP contribution >= 0.6 is 0 Å². The molecule has 10 heteroatoms. The normalized spacial score (nSPS) is 16.8. The molecular weight excluding hydrogens is 422 g/mol. The number of rotatable bonds is 4. The van der Waals surface area contributed by atoms with Crippen LogP contribution in [0, 0.1) is 0 Å². The minimum absolute atomic E-state index is 0.267. The van der Waals surface area contributed by atoms with Crippen LogP contribution in [-0.2, 0) is 24.1 Å². The Morgan fingerprint density at radius 2 is 2.09 bits per heavy atom. The third-order valence-electron chi connectivity index (χ3n) is 6.07. The molecule has 2 amide bonds. The van der Waals surface area contributed by atoms with Crippen LogP contribution in [0.4, 0.5) is 10.6 Å². The lowest BCUT2D eigenvalue weighted by Crippen LogP contribution is -2.36. The number of carbonyl (C=O) groups excluding carboxylic acids is 2. The maximum atomic E-state index is 12.9. The van der Waals surface area contributed by atoms with Crippen molar-refractivity contribution < 1.29 is 14.3 Å². The van der Waals surface area contributed by atoms with E-state index in [-0.39, 0.29) is 17.7 Å². The van der Waals surface area contributed by atoms with E-state index in [4.69, 9.17) is 4.74 Å². The van der Waals surface area contributed by atoms with Gasteiger partial charge in [-0.3, -0.25) is 9.78 Å². The molecule has 33 heavy (non-hydrogen) atoms. The molecule has 3 aromatic rings. The number of carbonyl (C=O) groups is 2. The third-order valence-corrected chi connectivity index (χ3v) is 6.07. The fourth-order valence-corrected chi connectivity index (χ4v) is 4.34. The average molecular weight is 447 g/mol. The van der Waals surface area contributed by atoms with Crippen molar-refractivity contribution in [2.75, 3.05) is 18.5 Å². The monoisotopic (exact) mass is 447 g/mol. The minimum atomic E-state index is -0.365. The van der Waals surface area contributed by atoms with E-state index in [1.54, 1.807) is 30.2 Å². The van der Waals surface area contributed by atoms with Gasteiger partial charge in [0.1, 0.15) is 23.0 Å². The van der Waals surface area contributed by atoms with Crippen molar-refractivity contribution in [1.82, 2.24) is 29.6 Å². The Morgan fingerprint density at radius 3 is 2.94 bits per heavy atom. The Kier molecular flexibility index (Phi) is 5.49. The SMILES string of the molecule is CCOC(=O)N1CCc2cnc(C(=O)Nc3cccc(-c4nnc5n4C(C)CC5)n3)cc2C1. The number of aromatic nitrogens is 5. The quantitative estimate of drug-likeness (QED) is 0.654. The lowest BCUT2D eigenvalue weighted by atomic mass is 10.0. The molecule has 170 valence electrons. The van der Waals surface area contributed by atoms with Crippen molar-refractivity contribution in [1.29, 1.82) is 0 Å². The fraction of sp³-hybridized carbons (Fsp3) is 0.391. The number of hydrogen-bond acceptors (Lipinski definition) is 7. The molecule has 1 N–H and O–H groups in total. The number of hydrogen-bond donors (Lipinski definition) is 1. The molecule has 10 nitrogen and oxygen atoms in total. The Balaban J connectivity index is 1.33. The molecule has 2 aliphatic heterocycles. The lowest BCUT2D eigenvalue weighted by Gasteiger charge is -2.28. The van der Waals surface area contributed by atoms with Crippen LogP contribution in [0.2, 0.25) is 0 Å². The molecule has 5 heterocycles. The van der Waals surface area contributed by atoms with Gasteiger partial charge >= 0.3 is 6.09 Å². The van der Waals surface area contributed by atoms with Crippen molar-refractivity contribution in [2.45, 2.75) is 45.7 Å². The van der Waals surface area contributed by atoms with Gasteiger partial charge in [0.05, 0.1) is 6.61 Å². The zero-order valence-corrected chi connectivity index (χ0v) is 18.6. The maximum Gasteiger partial charge on any atom is 0.410 e. The van der Waals surface area contributed by atoms with Gasteiger partial charge in [0, 0.05) is 31.7 Å². The second-order valence-electron chi connectivity index (χ2n) is 8.27.